The van der Waals surface area contributed by atoms with Crippen LogP contribution in [0.15, 0.2) is 18.5 Å². The lowest BCUT2D eigenvalue weighted by Gasteiger charge is -2.15. The maximum absolute atomic E-state index is 12.1. The molecule has 1 aromatic rings. The van der Waals surface area contributed by atoms with Crippen molar-refractivity contribution < 1.29 is 9.53 Å². The predicted octanol–water partition coefficient (Wildman–Crippen LogP) is 2.66. The highest BCUT2D eigenvalue weighted by molar-refractivity contribution is 6.31. The molecule has 0 spiro atoms. The van der Waals surface area contributed by atoms with Crippen LogP contribution in [0.2, 0.25) is 5.02 Å². The molecule has 1 aromatic heterocycles. The fraction of sp³-hybridized carbons (Fsp3) is 0.538. The summed E-state index contributed by atoms with van der Waals surface area (Å²) in [5.74, 6) is 0.547. The first-order chi connectivity index (χ1) is 8.22. The van der Waals surface area contributed by atoms with E-state index in [0.717, 1.165) is 18.4 Å². The van der Waals surface area contributed by atoms with Gasteiger partial charge < -0.3 is 4.74 Å². The Kier molecular flexibility index (Phi) is 4.13. The van der Waals surface area contributed by atoms with E-state index in [1.165, 1.54) is 0 Å². The van der Waals surface area contributed by atoms with E-state index >= 15 is 0 Å². The maximum atomic E-state index is 12.1. The number of aromatic nitrogens is 1. The minimum atomic E-state index is -0.246. The Morgan fingerprint density at radius 1 is 1.65 bits per heavy atom. The number of rotatable bonds is 6. The zero-order valence-electron chi connectivity index (χ0n) is 9.86. The Labute approximate surface area is 106 Å². The fourth-order valence-corrected chi connectivity index (χ4v) is 2.09. The highest BCUT2D eigenvalue weighted by Gasteiger charge is 2.36. The first-order valence-electron chi connectivity index (χ1n) is 5.95. The molecule has 0 bridgehead atoms. The van der Waals surface area contributed by atoms with Crippen molar-refractivity contribution in [2.45, 2.75) is 32.3 Å². The van der Waals surface area contributed by atoms with Crippen LogP contribution in [0.3, 0.4) is 0 Å². The van der Waals surface area contributed by atoms with E-state index in [-0.39, 0.29) is 11.9 Å². The van der Waals surface area contributed by atoms with Crippen molar-refractivity contribution in [2.24, 2.45) is 5.92 Å². The van der Waals surface area contributed by atoms with Gasteiger partial charge in [-0.05, 0) is 37.3 Å². The minimum absolute atomic E-state index is 0.127. The Morgan fingerprint density at radius 2 is 2.41 bits per heavy atom. The third-order valence-electron chi connectivity index (χ3n) is 2.93. The van der Waals surface area contributed by atoms with Gasteiger partial charge in [0.2, 0.25) is 0 Å². The maximum Gasteiger partial charge on any atom is 0.166 e. The van der Waals surface area contributed by atoms with Gasteiger partial charge in [-0.3, -0.25) is 9.78 Å². The fourth-order valence-electron chi connectivity index (χ4n) is 1.91. The van der Waals surface area contributed by atoms with Gasteiger partial charge in [0.05, 0.1) is 5.02 Å². The molecular formula is C13H16ClNO2. The molecule has 1 unspecified atom stereocenters. The number of hydrogen-bond acceptors (Lipinski definition) is 3. The molecule has 0 radical (unpaired) electrons. The van der Waals surface area contributed by atoms with Gasteiger partial charge in [0.1, 0.15) is 6.10 Å². The van der Waals surface area contributed by atoms with Gasteiger partial charge in [0, 0.05) is 25.4 Å². The number of ketones is 1. The summed E-state index contributed by atoms with van der Waals surface area (Å²) in [6, 6.07) is 1.79. The topological polar surface area (TPSA) is 39.2 Å². The van der Waals surface area contributed by atoms with Crippen molar-refractivity contribution in [1.82, 2.24) is 4.98 Å². The first kappa shape index (κ1) is 12.5. The summed E-state index contributed by atoms with van der Waals surface area (Å²) in [6.45, 7) is 2.50. The molecule has 1 atom stereocenters. The van der Waals surface area contributed by atoms with E-state index in [2.05, 4.69) is 4.98 Å². The second kappa shape index (κ2) is 5.61. The average Bonchev–Trinajstić information content (AvgIpc) is 3.13. The molecule has 0 amide bonds. The second-order valence-corrected chi connectivity index (χ2v) is 4.73. The highest BCUT2D eigenvalue weighted by atomic mass is 35.5. The number of halogens is 1. The molecule has 0 N–H and O–H groups in total. The van der Waals surface area contributed by atoms with Crippen LogP contribution >= 0.6 is 11.6 Å². The standard InChI is InChI=1S/C13H16ClNO2/c1-2-17-13(9-3-4-9)12(16)7-10-5-6-15-8-11(10)14/h5-6,8-9,13H,2-4,7H2,1H3. The quantitative estimate of drug-likeness (QED) is 0.783. The zero-order chi connectivity index (χ0) is 12.3. The summed E-state index contributed by atoms with van der Waals surface area (Å²) < 4.78 is 5.53. The zero-order valence-corrected chi connectivity index (χ0v) is 10.6. The number of nitrogens with zero attached hydrogens (tertiary/aromatic N) is 1. The van der Waals surface area contributed by atoms with Gasteiger partial charge in [-0.1, -0.05) is 11.6 Å². The van der Waals surface area contributed by atoms with Crippen molar-refractivity contribution in [3.63, 3.8) is 0 Å². The number of pyridine rings is 1. The number of ether oxygens (including phenoxy) is 1. The predicted molar refractivity (Wildman–Crippen MR) is 66.1 cm³/mol. The summed E-state index contributed by atoms with van der Waals surface area (Å²) in [6.07, 6.45) is 5.51. The van der Waals surface area contributed by atoms with Gasteiger partial charge >= 0.3 is 0 Å². The highest BCUT2D eigenvalue weighted by Crippen LogP contribution is 2.35. The van der Waals surface area contributed by atoms with Crippen LogP contribution in [0.4, 0.5) is 0 Å². The van der Waals surface area contributed by atoms with Crippen molar-refractivity contribution in [3.8, 4) is 0 Å². The van der Waals surface area contributed by atoms with Gasteiger partial charge in [-0.15, -0.1) is 0 Å². The lowest BCUT2D eigenvalue weighted by atomic mass is 10.0. The molecule has 0 aliphatic heterocycles. The molecule has 1 aliphatic rings. The monoisotopic (exact) mass is 253 g/mol. The summed E-state index contributed by atoms with van der Waals surface area (Å²) in [5, 5.41) is 0.548. The molecule has 1 heterocycles. The molecular weight excluding hydrogens is 238 g/mol. The van der Waals surface area contributed by atoms with E-state index in [1.54, 1.807) is 18.5 Å². The van der Waals surface area contributed by atoms with E-state index in [1.807, 2.05) is 6.92 Å². The van der Waals surface area contributed by atoms with E-state index < -0.39 is 0 Å². The summed E-state index contributed by atoms with van der Waals surface area (Å²) in [7, 11) is 0. The Morgan fingerprint density at radius 3 is 3.00 bits per heavy atom. The Balaban J connectivity index is 2.02. The molecule has 92 valence electrons. The Bertz CT molecular complexity index is 404. The molecule has 0 aromatic carbocycles. The van der Waals surface area contributed by atoms with Crippen LogP contribution in [-0.2, 0) is 16.0 Å². The van der Waals surface area contributed by atoms with Crippen LogP contribution in [-0.4, -0.2) is 23.5 Å². The molecule has 0 saturated heterocycles. The number of carbonyl (C=O) groups excluding carboxylic acids is 1. The number of carbonyl (C=O) groups is 1. The molecule has 1 saturated carbocycles. The van der Waals surface area contributed by atoms with Gasteiger partial charge in [-0.2, -0.15) is 0 Å². The van der Waals surface area contributed by atoms with Crippen LogP contribution in [0, 0.1) is 5.92 Å². The number of hydrogen-bond donors (Lipinski definition) is 0. The average molecular weight is 254 g/mol. The third-order valence-corrected chi connectivity index (χ3v) is 3.28. The van der Waals surface area contributed by atoms with Crippen LogP contribution < -0.4 is 0 Å². The van der Waals surface area contributed by atoms with E-state index in [9.17, 15) is 4.79 Å². The minimum Gasteiger partial charge on any atom is -0.370 e. The molecule has 3 nitrogen and oxygen atoms in total. The van der Waals surface area contributed by atoms with Crippen molar-refractivity contribution >= 4 is 17.4 Å². The smallest absolute Gasteiger partial charge is 0.166 e. The van der Waals surface area contributed by atoms with Crippen LogP contribution in [0.25, 0.3) is 0 Å². The molecule has 2 rings (SSSR count). The summed E-state index contributed by atoms with van der Waals surface area (Å²) >= 11 is 5.99. The van der Waals surface area contributed by atoms with Crippen molar-refractivity contribution in [1.29, 1.82) is 0 Å². The van der Waals surface area contributed by atoms with Gasteiger partial charge in [-0.25, -0.2) is 0 Å². The SMILES string of the molecule is CCOC(C(=O)Cc1ccncc1Cl)C1CC1. The van der Waals surface area contributed by atoms with Gasteiger partial charge in [0.25, 0.3) is 0 Å². The van der Waals surface area contributed by atoms with Gasteiger partial charge in [0.15, 0.2) is 5.78 Å². The summed E-state index contributed by atoms with van der Waals surface area (Å²) in [4.78, 5) is 16.0. The first-order valence-corrected chi connectivity index (χ1v) is 6.33. The van der Waals surface area contributed by atoms with Crippen LogP contribution in [0.1, 0.15) is 25.3 Å². The largest absolute Gasteiger partial charge is 0.370 e. The molecule has 1 fully saturated rings. The molecule has 4 heteroatoms. The van der Waals surface area contributed by atoms with Crippen molar-refractivity contribution in [3.05, 3.63) is 29.0 Å². The molecule has 1 aliphatic carbocycles. The lowest BCUT2D eigenvalue weighted by molar-refractivity contribution is -0.130. The van der Waals surface area contributed by atoms with E-state index in [0.29, 0.717) is 24.0 Å². The summed E-state index contributed by atoms with van der Waals surface area (Å²) in [5.41, 5.74) is 0.831. The van der Waals surface area contributed by atoms with E-state index in [4.69, 9.17) is 16.3 Å². The third kappa shape index (κ3) is 3.27. The van der Waals surface area contributed by atoms with Crippen molar-refractivity contribution in [2.75, 3.05) is 6.61 Å². The lowest BCUT2D eigenvalue weighted by Crippen LogP contribution is -2.28. The number of Topliss-reactive ketones (excluding diaryl/α,β-unsaturated/α-hetero) is 1. The Hall–Kier alpha value is -0.930. The second-order valence-electron chi connectivity index (χ2n) is 4.32. The molecule has 17 heavy (non-hydrogen) atoms. The van der Waals surface area contributed by atoms with Crippen LogP contribution in [0.5, 0.6) is 0 Å². The normalized spacial score (nSPS) is 16.8.